The van der Waals surface area contributed by atoms with Gasteiger partial charge in [-0.1, -0.05) is 28.1 Å². The first-order valence-corrected chi connectivity index (χ1v) is 10.4. The van der Waals surface area contributed by atoms with Gasteiger partial charge in [-0.25, -0.2) is 0 Å². The van der Waals surface area contributed by atoms with Gasteiger partial charge in [0.2, 0.25) is 11.8 Å². The number of benzene rings is 2. The molecule has 0 radical (unpaired) electrons. The zero-order valence-electron chi connectivity index (χ0n) is 16.5. The average Bonchev–Trinajstić information content (AvgIpc) is 2.97. The van der Waals surface area contributed by atoms with Crippen LogP contribution in [0.4, 0.5) is 5.69 Å². The van der Waals surface area contributed by atoms with Crippen molar-refractivity contribution in [3.05, 3.63) is 63.6 Å². The Hall–Kier alpha value is -3.51. The van der Waals surface area contributed by atoms with E-state index in [0.717, 1.165) is 14.9 Å². The second kappa shape index (κ2) is 10.00. The fraction of sp³-hybridized carbons (Fsp3) is 0.227. The number of carbonyl (C=O) groups excluding carboxylic acids is 4. The molecule has 2 N–H and O–H groups in total. The number of nitrogens with zero attached hydrogens (tertiary/aromatic N) is 2. The van der Waals surface area contributed by atoms with Crippen LogP contribution in [0.1, 0.15) is 45.5 Å². The molecule has 0 unspecified atom stereocenters. The van der Waals surface area contributed by atoms with Crippen LogP contribution in [0, 0.1) is 11.3 Å². The van der Waals surface area contributed by atoms with Gasteiger partial charge in [-0.05, 0) is 42.3 Å². The minimum atomic E-state index is -0.399. The fourth-order valence-electron chi connectivity index (χ4n) is 3.19. The van der Waals surface area contributed by atoms with Crippen LogP contribution in [0.25, 0.3) is 0 Å². The van der Waals surface area contributed by atoms with E-state index in [0.29, 0.717) is 23.2 Å². The summed E-state index contributed by atoms with van der Waals surface area (Å²) in [6.45, 7) is 0.430. The Bertz CT molecular complexity index is 1090. The van der Waals surface area contributed by atoms with E-state index in [1.54, 1.807) is 48.5 Å². The number of hydrogen-bond donors (Lipinski definition) is 2. The molecule has 158 valence electrons. The van der Waals surface area contributed by atoms with Crippen molar-refractivity contribution in [2.75, 3.05) is 11.9 Å². The van der Waals surface area contributed by atoms with Gasteiger partial charge in [0.15, 0.2) is 0 Å². The van der Waals surface area contributed by atoms with Gasteiger partial charge in [-0.2, -0.15) is 5.26 Å². The lowest BCUT2D eigenvalue weighted by Crippen LogP contribution is -2.32. The maximum atomic E-state index is 12.4. The topological polar surface area (TPSA) is 119 Å². The lowest BCUT2D eigenvalue weighted by molar-refractivity contribution is -0.121. The zero-order valence-corrected chi connectivity index (χ0v) is 18.1. The number of fused-ring (bicyclic) bond motifs is 1. The average molecular weight is 483 g/mol. The Balaban J connectivity index is 1.45. The third kappa shape index (κ3) is 5.55. The van der Waals surface area contributed by atoms with E-state index < -0.39 is 5.91 Å². The maximum absolute atomic E-state index is 12.4. The predicted molar refractivity (Wildman–Crippen MR) is 116 cm³/mol. The summed E-state index contributed by atoms with van der Waals surface area (Å²) in [5.41, 5.74) is 2.07. The summed E-state index contributed by atoms with van der Waals surface area (Å²) in [6.07, 6.45) is 0.282. The molecule has 9 heteroatoms. The van der Waals surface area contributed by atoms with Crippen LogP contribution >= 0.6 is 15.9 Å². The molecule has 0 fully saturated rings. The molecule has 0 saturated heterocycles. The minimum Gasteiger partial charge on any atom is -0.352 e. The van der Waals surface area contributed by atoms with Gasteiger partial charge < -0.3 is 10.6 Å². The first kappa shape index (κ1) is 22.2. The summed E-state index contributed by atoms with van der Waals surface area (Å²) >= 11 is 3.29. The van der Waals surface area contributed by atoms with Gasteiger partial charge in [0.05, 0.1) is 17.2 Å². The Morgan fingerprint density at radius 2 is 1.81 bits per heavy atom. The number of hydrogen-bond acceptors (Lipinski definition) is 5. The third-order valence-electron chi connectivity index (χ3n) is 4.66. The quantitative estimate of drug-likeness (QED) is 0.560. The number of nitrogens with one attached hydrogen (secondary N) is 2. The molecule has 1 heterocycles. The molecule has 0 saturated carbocycles. The van der Waals surface area contributed by atoms with Crippen molar-refractivity contribution in [3.63, 3.8) is 0 Å². The van der Waals surface area contributed by atoms with E-state index in [9.17, 15) is 19.2 Å². The number of carbonyl (C=O) groups is 4. The predicted octanol–water partition coefficient (Wildman–Crippen LogP) is 2.99. The number of halogens is 1. The van der Waals surface area contributed by atoms with Crippen molar-refractivity contribution >= 4 is 45.2 Å². The summed E-state index contributed by atoms with van der Waals surface area (Å²) in [7, 11) is 0. The van der Waals surface area contributed by atoms with Crippen LogP contribution in [0.3, 0.4) is 0 Å². The highest BCUT2D eigenvalue weighted by Crippen LogP contribution is 2.26. The summed E-state index contributed by atoms with van der Waals surface area (Å²) < 4.78 is 0.724. The van der Waals surface area contributed by atoms with E-state index in [-0.39, 0.29) is 43.7 Å². The molecule has 1 aliphatic heterocycles. The highest BCUT2D eigenvalue weighted by atomic mass is 79.9. The van der Waals surface area contributed by atoms with Crippen molar-refractivity contribution in [1.29, 1.82) is 5.26 Å². The Morgan fingerprint density at radius 1 is 1.03 bits per heavy atom. The molecule has 4 amide bonds. The maximum Gasteiger partial charge on any atom is 0.261 e. The Kier molecular flexibility index (Phi) is 7.15. The molecule has 8 nitrogen and oxygen atoms in total. The lowest BCUT2D eigenvalue weighted by atomic mass is 10.1. The molecule has 0 bridgehead atoms. The molecule has 31 heavy (non-hydrogen) atoms. The molecule has 0 aliphatic carbocycles. The zero-order chi connectivity index (χ0) is 22.4. The molecular weight excluding hydrogens is 464 g/mol. The largest absolute Gasteiger partial charge is 0.352 e. The van der Waals surface area contributed by atoms with Crippen LogP contribution in [-0.4, -0.2) is 35.1 Å². The first-order valence-electron chi connectivity index (χ1n) is 9.57. The standard InChI is InChI=1S/C22H19BrN4O4/c23-15-6-7-17-18(12-15)22(31)27(21(17)30)10-2-5-19(28)25-13-14-3-1-4-16(11-14)26-20(29)8-9-24/h1,3-4,6-7,11-12H,2,5,8,10,13H2,(H,25,28)(H,26,29). The van der Waals surface area contributed by atoms with Crippen LogP contribution in [0.2, 0.25) is 0 Å². The van der Waals surface area contributed by atoms with E-state index in [2.05, 4.69) is 26.6 Å². The fourth-order valence-corrected chi connectivity index (χ4v) is 3.55. The monoisotopic (exact) mass is 482 g/mol. The van der Waals surface area contributed by atoms with Crippen molar-refractivity contribution in [1.82, 2.24) is 10.2 Å². The summed E-state index contributed by atoms with van der Waals surface area (Å²) in [4.78, 5) is 49.6. The number of imide groups is 1. The molecule has 2 aromatic rings. The highest BCUT2D eigenvalue weighted by Gasteiger charge is 2.35. The lowest BCUT2D eigenvalue weighted by Gasteiger charge is -2.13. The van der Waals surface area contributed by atoms with Crippen molar-refractivity contribution in [3.8, 4) is 6.07 Å². The van der Waals surface area contributed by atoms with Crippen molar-refractivity contribution < 1.29 is 19.2 Å². The summed E-state index contributed by atoms with van der Waals surface area (Å²) in [6, 6.07) is 13.7. The molecule has 3 rings (SSSR count). The van der Waals surface area contributed by atoms with Gasteiger partial charge in [0, 0.05) is 29.7 Å². The minimum absolute atomic E-state index is 0.162. The molecule has 0 aromatic heterocycles. The van der Waals surface area contributed by atoms with Crippen molar-refractivity contribution in [2.24, 2.45) is 0 Å². The molecular formula is C22H19BrN4O4. The normalized spacial score (nSPS) is 12.3. The van der Waals surface area contributed by atoms with E-state index in [1.165, 1.54) is 0 Å². The SMILES string of the molecule is N#CCC(=O)Nc1cccc(CNC(=O)CCCN2C(=O)c3ccc(Br)cc3C2=O)c1. The van der Waals surface area contributed by atoms with Crippen LogP contribution in [-0.2, 0) is 16.1 Å². The van der Waals surface area contributed by atoms with Crippen molar-refractivity contribution in [2.45, 2.75) is 25.8 Å². The van der Waals surface area contributed by atoms with E-state index in [4.69, 9.17) is 5.26 Å². The van der Waals surface area contributed by atoms with Crippen LogP contribution in [0.5, 0.6) is 0 Å². The van der Waals surface area contributed by atoms with E-state index >= 15 is 0 Å². The second-order valence-electron chi connectivity index (χ2n) is 6.92. The molecule has 1 aliphatic rings. The van der Waals surface area contributed by atoms with Gasteiger partial charge in [0.25, 0.3) is 11.8 Å². The van der Waals surface area contributed by atoms with E-state index in [1.807, 2.05) is 0 Å². The van der Waals surface area contributed by atoms with Crippen LogP contribution < -0.4 is 10.6 Å². The molecule has 0 spiro atoms. The summed E-state index contributed by atoms with van der Waals surface area (Å²) in [5.74, 6) is -1.30. The number of amides is 4. The summed E-state index contributed by atoms with van der Waals surface area (Å²) in [5, 5.41) is 13.9. The van der Waals surface area contributed by atoms with Gasteiger partial charge in [0.1, 0.15) is 6.42 Å². The Labute approximate surface area is 187 Å². The van der Waals surface area contributed by atoms with Gasteiger partial charge >= 0.3 is 0 Å². The third-order valence-corrected chi connectivity index (χ3v) is 5.15. The number of nitriles is 1. The number of rotatable bonds is 8. The first-order chi connectivity index (χ1) is 14.9. The molecule has 0 atom stereocenters. The van der Waals surface area contributed by atoms with Gasteiger partial charge in [-0.15, -0.1) is 0 Å². The highest BCUT2D eigenvalue weighted by molar-refractivity contribution is 9.10. The second-order valence-corrected chi connectivity index (χ2v) is 7.83. The van der Waals surface area contributed by atoms with Crippen LogP contribution in [0.15, 0.2) is 46.9 Å². The van der Waals surface area contributed by atoms with Gasteiger partial charge in [-0.3, -0.25) is 24.1 Å². The number of anilines is 1. The Morgan fingerprint density at radius 3 is 2.58 bits per heavy atom. The smallest absolute Gasteiger partial charge is 0.261 e. The molecule has 2 aromatic carbocycles.